The Balaban J connectivity index is 2.23. The molecular formula is C18H27NO6S. The van der Waals surface area contributed by atoms with Gasteiger partial charge in [-0.05, 0) is 44.9 Å². The molecule has 1 aromatic carbocycles. The summed E-state index contributed by atoms with van der Waals surface area (Å²) in [5.41, 5.74) is 0.268. The van der Waals surface area contributed by atoms with Crippen molar-refractivity contribution in [2.45, 2.75) is 51.6 Å². The maximum absolute atomic E-state index is 12.3. The van der Waals surface area contributed by atoms with Crippen LogP contribution in [0.1, 0.15) is 51.5 Å². The molecule has 1 aliphatic rings. The third kappa shape index (κ3) is 5.88. The van der Waals surface area contributed by atoms with Crippen LogP contribution in [0.15, 0.2) is 18.2 Å². The van der Waals surface area contributed by atoms with Gasteiger partial charge in [-0.2, -0.15) is 0 Å². The number of carbonyl (C=O) groups is 1. The first kappa shape index (κ1) is 20.5. The lowest BCUT2D eigenvalue weighted by Gasteiger charge is -2.37. The summed E-state index contributed by atoms with van der Waals surface area (Å²) in [6.45, 7) is 5.88. The minimum Gasteiger partial charge on any atom is -0.494 e. The molecule has 0 amide bonds. The van der Waals surface area contributed by atoms with Gasteiger partial charge < -0.3 is 14.6 Å². The van der Waals surface area contributed by atoms with E-state index >= 15 is 0 Å². The van der Waals surface area contributed by atoms with Gasteiger partial charge in [-0.25, -0.2) is 13.1 Å². The van der Waals surface area contributed by atoms with E-state index in [-0.39, 0.29) is 11.7 Å². The zero-order valence-corrected chi connectivity index (χ0v) is 16.3. The fourth-order valence-electron chi connectivity index (χ4n) is 3.05. The molecule has 1 aliphatic heterocycles. The highest BCUT2D eigenvalue weighted by Crippen LogP contribution is 2.42. The summed E-state index contributed by atoms with van der Waals surface area (Å²) < 4.78 is 38.4. The lowest BCUT2D eigenvalue weighted by Crippen LogP contribution is -2.39. The summed E-state index contributed by atoms with van der Waals surface area (Å²) in [4.78, 5) is 10.6. The predicted octanol–water partition coefficient (Wildman–Crippen LogP) is 2.51. The molecule has 7 nitrogen and oxygen atoms in total. The van der Waals surface area contributed by atoms with Crippen molar-refractivity contribution < 1.29 is 27.8 Å². The van der Waals surface area contributed by atoms with Crippen LogP contribution in [0.4, 0.5) is 0 Å². The molecule has 0 aromatic heterocycles. The van der Waals surface area contributed by atoms with E-state index in [2.05, 4.69) is 11.6 Å². The summed E-state index contributed by atoms with van der Waals surface area (Å²) in [5.74, 6) is -0.398. The van der Waals surface area contributed by atoms with Gasteiger partial charge in [0.1, 0.15) is 23.6 Å². The molecule has 0 aliphatic carbocycles. The van der Waals surface area contributed by atoms with Gasteiger partial charge in [-0.3, -0.25) is 4.79 Å². The number of aliphatic carboxylic acids is 1. The molecule has 146 valence electrons. The third-order valence-corrected chi connectivity index (χ3v) is 5.60. The number of ether oxygens (including phenoxy) is 2. The van der Waals surface area contributed by atoms with Crippen molar-refractivity contribution >= 4 is 16.0 Å². The predicted molar refractivity (Wildman–Crippen MR) is 98.3 cm³/mol. The maximum Gasteiger partial charge on any atom is 0.318 e. The topological polar surface area (TPSA) is 102 Å². The molecule has 2 rings (SSSR count). The van der Waals surface area contributed by atoms with E-state index < -0.39 is 28.1 Å². The maximum atomic E-state index is 12.3. The number of unbranched alkanes of at least 4 members (excludes halogenated alkanes) is 1. The van der Waals surface area contributed by atoms with Crippen LogP contribution < -0.4 is 14.2 Å². The molecule has 0 radical (unpaired) electrons. The minimum atomic E-state index is -3.73. The Morgan fingerprint density at radius 3 is 2.81 bits per heavy atom. The zero-order valence-electron chi connectivity index (χ0n) is 15.4. The van der Waals surface area contributed by atoms with E-state index in [1.807, 2.05) is 32.0 Å². The average Bonchev–Trinajstić information content (AvgIpc) is 2.52. The quantitative estimate of drug-likeness (QED) is 0.633. The van der Waals surface area contributed by atoms with Gasteiger partial charge in [0.25, 0.3) is 0 Å². The van der Waals surface area contributed by atoms with Gasteiger partial charge in [-0.1, -0.05) is 13.3 Å². The highest BCUT2D eigenvalue weighted by Gasteiger charge is 2.36. The van der Waals surface area contributed by atoms with Crippen LogP contribution in [0.25, 0.3) is 0 Å². The minimum absolute atomic E-state index is 0.196. The number of nitrogens with one attached hydrogen (secondary N) is 1. The summed E-state index contributed by atoms with van der Waals surface area (Å²) >= 11 is 0. The van der Waals surface area contributed by atoms with Gasteiger partial charge in [0.2, 0.25) is 10.0 Å². The molecular weight excluding hydrogens is 358 g/mol. The van der Waals surface area contributed by atoms with Gasteiger partial charge >= 0.3 is 5.97 Å². The number of hydrogen-bond acceptors (Lipinski definition) is 5. The number of rotatable bonds is 9. The Bertz CT molecular complexity index is 744. The highest BCUT2D eigenvalue weighted by atomic mass is 32.2. The van der Waals surface area contributed by atoms with Gasteiger partial charge in [0, 0.05) is 11.5 Å². The van der Waals surface area contributed by atoms with Crippen LogP contribution in [0.3, 0.4) is 0 Å². The van der Waals surface area contributed by atoms with Crippen molar-refractivity contribution in [3.05, 3.63) is 23.8 Å². The van der Waals surface area contributed by atoms with Crippen molar-refractivity contribution in [1.82, 2.24) is 4.72 Å². The van der Waals surface area contributed by atoms with Crippen LogP contribution >= 0.6 is 0 Å². The van der Waals surface area contributed by atoms with Crippen LogP contribution in [0, 0.1) is 0 Å². The van der Waals surface area contributed by atoms with Crippen molar-refractivity contribution in [1.29, 1.82) is 0 Å². The Kier molecular flexibility index (Phi) is 6.52. The number of hydrogen-bond donors (Lipinski definition) is 2. The van der Waals surface area contributed by atoms with Crippen LogP contribution in [-0.4, -0.2) is 44.0 Å². The number of sulfonamides is 1. The number of fused-ring (bicyclic) bond motifs is 1. The molecule has 1 aromatic rings. The molecule has 1 atom stereocenters. The normalized spacial score (nSPS) is 18.7. The zero-order chi connectivity index (χ0) is 19.4. The second-order valence-electron chi connectivity index (χ2n) is 7.16. The second kappa shape index (κ2) is 8.26. The third-order valence-electron chi connectivity index (χ3n) is 4.18. The molecule has 26 heavy (non-hydrogen) atoms. The largest absolute Gasteiger partial charge is 0.494 e. The average molecular weight is 385 g/mol. The molecule has 0 fully saturated rings. The summed E-state index contributed by atoms with van der Waals surface area (Å²) in [5, 5.41) is 8.70. The van der Waals surface area contributed by atoms with Gasteiger partial charge in [0.15, 0.2) is 0 Å². The molecule has 8 heteroatoms. The van der Waals surface area contributed by atoms with E-state index in [4.69, 9.17) is 14.6 Å². The first-order valence-corrected chi connectivity index (χ1v) is 10.4. The van der Waals surface area contributed by atoms with E-state index in [0.717, 1.165) is 18.4 Å². The van der Waals surface area contributed by atoms with Crippen LogP contribution in [0.2, 0.25) is 0 Å². The Hall–Kier alpha value is -1.80. The second-order valence-corrected chi connectivity index (χ2v) is 9.01. The molecule has 1 heterocycles. The van der Waals surface area contributed by atoms with Crippen LogP contribution in [0.5, 0.6) is 11.5 Å². The van der Waals surface area contributed by atoms with E-state index in [1.165, 1.54) is 0 Å². The fourth-order valence-corrected chi connectivity index (χ4v) is 4.34. The highest BCUT2D eigenvalue weighted by molar-refractivity contribution is 7.89. The lowest BCUT2D eigenvalue weighted by molar-refractivity contribution is -0.135. The first-order valence-electron chi connectivity index (χ1n) is 8.77. The molecule has 0 saturated carbocycles. The van der Waals surface area contributed by atoms with Crippen molar-refractivity contribution in [3.63, 3.8) is 0 Å². The number of carboxylic acids is 1. The summed E-state index contributed by atoms with van der Waals surface area (Å²) in [7, 11) is -3.73. The van der Waals surface area contributed by atoms with E-state index in [0.29, 0.717) is 24.5 Å². The summed E-state index contributed by atoms with van der Waals surface area (Å²) in [6.07, 6.45) is 2.47. The van der Waals surface area contributed by atoms with Crippen molar-refractivity contribution in [3.8, 4) is 11.5 Å². The molecule has 2 N–H and O–H groups in total. The summed E-state index contributed by atoms with van der Waals surface area (Å²) in [6, 6.07) is 5.46. The number of carboxylic acid groups (broad SMARTS) is 1. The first-order chi connectivity index (χ1) is 12.1. The monoisotopic (exact) mass is 385 g/mol. The fraction of sp³-hybridized carbons (Fsp3) is 0.611. The SMILES string of the molecule is CCCCOc1ccc2c(c1)C(CS(=O)(=O)NCC(=O)O)CC(C)(C)O2. The van der Waals surface area contributed by atoms with Crippen LogP contribution in [-0.2, 0) is 14.8 Å². The molecule has 1 unspecified atom stereocenters. The Labute approximate surface area is 154 Å². The number of benzene rings is 1. The Morgan fingerprint density at radius 2 is 2.15 bits per heavy atom. The molecule has 0 bridgehead atoms. The lowest BCUT2D eigenvalue weighted by atomic mass is 9.85. The van der Waals surface area contributed by atoms with Crippen molar-refractivity contribution in [2.75, 3.05) is 18.9 Å². The van der Waals surface area contributed by atoms with E-state index in [1.54, 1.807) is 0 Å². The van der Waals surface area contributed by atoms with Gasteiger partial charge in [0.05, 0.1) is 12.4 Å². The molecule has 0 spiro atoms. The molecule has 0 saturated heterocycles. The Morgan fingerprint density at radius 1 is 1.42 bits per heavy atom. The standard InChI is InChI=1S/C18H27NO6S/c1-4-5-8-24-14-6-7-16-15(9-14)13(10-18(2,3)25-16)12-26(22,23)19-11-17(20)21/h6-7,9,13,19H,4-5,8,10-12H2,1-3H3,(H,20,21). The van der Waals surface area contributed by atoms with Crippen molar-refractivity contribution in [2.24, 2.45) is 0 Å². The van der Waals surface area contributed by atoms with Gasteiger partial charge in [-0.15, -0.1) is 0 Å². The smallest absolute Gasteiger partial charge is 0.318 e. The van der Waals surface area contributed by atoms with E-state index in [9.17, 15) is 13.2 Å².